The van der Waals surface area contributed by atoms with E-state index in [1.807, 2.05) is 0 Å². The first kappa shape index (κ1) is 18.4. The first-order chi connectivity index (χ1) is 12.0. The standard InChI is InChI=1S/C18H19F2N3O2/c1-21-17(24)10-13-4-2-3-5-16(13)23-18(25)22-7-6-12-8-14(19)11-15(20)9-12/h2-5,8-9,11H,6-7,10H2,1H3,(H,21,24)(H2,22,23,25). The molecule has 0 unspecified atom stereocenters. The van der Waals surface area contributed by atoms with E-state index >= 15 is 0 Å². The van der Waals surface area contributed by atoms with Gasteiger partial charge in [0.05, 0.1) is 6.42 Å². The second-order valence-electron chi connectivity index (χ2n) is 5.42. The van der Waals surface area contributed by atoms with Crippen molar-refractivity contribution in [1.29, 1.82) is 0 Å². The largest absolute Gasteiger partial charge is 0.359 e. The molecule has 0 aliphatic heterocycles. The van der Waals surface area contributed by atoms with Gasteiger partial charge in [0.15, 0.2) is 0 Å². The zero-order chi connectivity index (χ0) is 18.2. The Labute approximate surface area is 144 Å². The zero-order valence-corrected chi connectivity index (χ0v) is 13.7. The summed E-state index contributed by atoms with van der Waals surface area (Å²) in [5.41, 5.74) is 1.67. The zero-order valence-electron chi connectivity index (χ0n) is 13.7. The van der Waals surface area contributed by atoms with Crippen LogP contribution in [0.5, 0.6) is 0 Å². The number of carbonyl (C=O) groups excluding carboxylic acids is 2. The molecule has 2 rings (SSSR count). The van der Waals surface area contributed by atoms with E-state index in [-0.39, 0.29) is 18.9 Å². The highest BCUT2D eigenvalue weighted by atomic mass is 19.1. The number of benzene rings is 2. The summed E-state index contributed by atoms with van der Waals surface area (Å²) in [7, 11) is 1.54. The second-order valence-corrected chi connectivity index (χ2v) is 5.42. The van der Waals surface area contributed by atoms with Gasteiger partial charge in [-0.1, -0.05) is 18.2 Å². The van der Waals surface area contributed by atoms with E-state index < -0.39 is 17.7 Å². The van der Waals surface area contributed by atoms with Crippen molar-refractivity contribution in [3.05, 3.63) is 65.2 Å². The average molecular weight is 347 g/mol. The van der Waals surface area contributed by atoms with Gasteiger partial charge in [0.25, 0.3) is 0 Å². The van der Waals surface area contributed by atoms with Crippen molar-refractivity contribution in [3.8, 4) is 0 Å². The van der Waals surface area contributed by atoms with Crippen LogP contribution in [0.2, 0.25) is 0 Å². The molecule has 0 heterocycles. The number of hydrogen-bond acceptors (Lipinski definition) is 2. The van der Waals surface area contributed by atoms with Gasteiger partial charge in [0.2, 0.25) is 5.91 Å². The van der Waals surface area contributed by atoms with Gasteiger partial charge in [-0.3, -0.25) is 4.79 Å². The number of anilines is 1. The van der Waals surface area contributed by atoms with Crippen molar-refractivity contribution >= 4 is 17.6 Å². The van der Waals surface area contributed by atoms with Gasteiger partial charge in [0.1, 0.15) is 11.6 Å². The lowest BCUT2D eigenvalue weighted by Crippen LogP contribution is -2.31. The molecule has 132 valence electrons. The molecule has 0 aliphatic carbocycles. The van der Waals surface area contributed by atoms with Crippen LogP contribution in [0.25, 0.3) is 0 Å². The molecule has 0 spiro atoms. The Bertz CT molecular complexity index is 745. The highest BCUT2D eigenvalue weighted by Gasteiger charge is 2.09. The number of amides is 3. The maximum Gasteiger partial charge on any atom is 0.319 e. The fourth-order valence-corrected chi connectivity index (χ4v) is 2.30. The van der Waals surface area contributed by atoms with Crippen molar-refractivity contribution in [3.63, 3.8) is 0 Å². The minimum absolute atomic E-state index is 0.148. The molecule has 0 aliphatic rings. The van der Waals surface area contributed by atoms with Gasteiger partial charge in [0, 0.05) is 25.3 Å². The summed E-state index contributed by atoms with van der Waals surface area (Å²) >= 11 is 0. The van der Waals surface area contributed by atoms with Crippen LogP contribution in [-0.4, -0.2) is 25.5 Å². The van der Waals surface area contributed by atoms with Gasteiger partial charge >= 0.3 is 6.03 Å². The smallest absolute Gasteiger partial charge is 0.319 e. The molecule has 3 N–H and O–H groups in total. The third-order valence-corrected chi connectivity index (χ3v) is 3.52. The Morgan fingerprint density at radius 2 is 1.72 bits per heavy atom. The lowest BCUT2D eigenvalue weighted by Gasteiger charge is -2.11. The number of likely N-dealkylation sites (N-methyl/N-ethyl adjacent to an activating group) is 1. The Kier molecular flexibility index (Phi) is 6.45. The molecule has 2 aromatic rings. The lowest BCUT2D eigenvalue weighted by molar-refractivity contribution is -0.119. The van der Waals surface area contributed by atoms with E-state index in [0.717, 1.165) is 6.07 Å². The van der Waals surface area contributed by atoms with E-state index in [2.05, 4.69) is 16.0 Å². The van der Waals surface area contributed by atoms with Gasteiger partial charge in [-0.25, -0.2) is 13.6 Å². The van der Waals surface area contributed by atoms with Crippen LogP contribution in [0.3, 0.4) is 0 Å². The summed E-state index contributed by atoms with van der Waals surface area (Å²) in [5, 5.41) is 7.82. The van der Waals surface area contributed by atoms with Gasteiger partial charge in [-0.05, 0) is 35.7 Å². The predicted molar refractivity (Wildman–Crippen MR) is 91.3 cm³/mol. The summed E-state index contributed by atoms with van der Waals surface area (Å²) in [6.07, 6.45) is 0.442. The number of carbonyl (C=O) groups is 2. The maximum atomic E-state index is 13.1. The number of rotatable bonds is 6. The van der Waals surface area contributed by atoms with Crippen LogP contribution >= 0.6 is 0 Å². The van der Waals surface area contributed by atoms with Crippen molar-refractivity contribution in [2.45, 2.75) is 12.8 Å². The lowest BCUT2D eigenvalue weighted by atomic mass is 10.1. The monoisotopic (exact) mass is 347 g/mol. The Morgan fingerprint density at radius 3 is 2.40 bits per heavy atom. The van der Waals surface area contributed by atoms with Gasteiger partial charge in [-0.15, -0.1) is 0 Å². The van der Waals surface area contributed by atoms with Crippen LogP contribution in [0.1, 0.15) is 11.1 Å². The summed E-state index contributed by atoms with van der Waals surface area (Å²) < 4.78 is 26.2. The molecule has 0 radical (unpaired) electrons. The molecule has 0 atom stereocenters. The SMILES string of the molecule is CNC(=O)Cc1ccccc1NC(=O)NCCc1cc(F)cc(F)c1. The fourth-order valence-electron chi connectivity index (χ4n) is 2.30. The molecule has 25 heavy (non-hydrogen) atoms. The molecule has 5 nitrogen and oxygen atoms in total. The number of para-hydroxylation sites is 1. The normalized spacial score (nSPS) is 10.2. The molecule has 0 fully saturated rings. The summed E-state index contributed by atoms with van der Waals surface area (Å²) in [5.74, 6) is -1.46. The summed E-state index contributed by atoms with van der Waals surface area (Å²) in [6.45, 7) is 0.215. The minimum Gasteiger partial charge on any atom is -0.359 e. The number of nitrogens with one attached hydrogen (secondary N) is 3. The van der Waals surface area contributed by atoms with Crippen molar-refractivity contribution < 1.29 is 18.4 Å². The summed E-state index contributed by atoms with van der Waals surface area (Å²) in [4.78, 5) is 23.5. The Morgan fingerprint density at radius 1 is 1.04 bits per heavy atom. The molecule has 2 aromatic carbocycles. The van der Waals surface area contributed by atoms with Crippen molar-refractivity contribution in [1.82, 2.24) is 10.6 Å². The van der Waals surface area contributed by atoms with E-state index in [1.165, 1.54) is 12.1 Å². The second kappa shape index (κ2) is 8.77. The molecule has 7 heteroatoms. The third kappa shape index (κ3) is 5.87. The van der Waals surface area contributed by atoms with Gasteiger partial charge in [-0.2, -0.15) is 0 Å². The van der Waals surface area contributed by atoms with Crippen LogP contribution in [0.15, 0.2) is 42.5 Å². The molecule has 0 bridgehead atoms. The van der Waals surface area contributed by atoms with Crippen LogP contribution in [0, 0.1) is 11.6 Å². The fraction of sp³-hybridized carbons (Fsp3) is 0.222. The molecule has 0 saturated carbocycles. The van der Waals surface area contributed by atoms with Crippen LogP contribution < -0.4 is 16.0 Å². The molecular weight excluding hydrogens is 328 g/mol. The predicted octanol–water partition coefficient (Wildman–Crippen LogP) is 2.62. The molecule has 3 amide bonds. The van der Waals surface area contributed by atoms with Crippen LogP contribution in [-0.2, 0) is 17.6 Å². The molecule has 0 saturated heterocycles. The maximum absolute atomic E-state index is 13.1. The van der Waals surface area contributed by atoms with Crippen molar-refractivity contribution in [2.24, 2.45) is 0 Å². The summed E-state index contributed by atoms with van der Waals surface area (Å²) in [6, 6.07) is 9.76. The average Bonchev–Trinajstić information content (AvgIpc) is 2.55. The molecular formula is C18H19F2N3O2. The number of halogens is 2. The minimum atomic E-state index is -0.650. The molecule has 0 aromatic heterocycles. The van der Waals surface area contributed by atoms with Crippen LogP contribution in [0.4, 0.5) is 19.3 Å². The van der Waals surface area contributed by atoms with Crippen molar-refractivity contribution in [2.75, 3.05) is 18.9 Å². The highest BCUT2D eigenvalue weighted by Crippen LogP contribution is 2.15. The third-order valence-electron chi connectivity index (χ3n) is 3.52. The van der Waals surface area contributed by atoms with E-state index in [0.29, 0.717) is 23.2 Å². The topological polar surface area (TPSA) is 70.2 Å². The van der Waals surface area contributed by atoms with E-state index in [4.69, 9.17) is 0 Å². The van der Waals surface area contributed by atoms with E-state index in [1.54, 1.807) is 31.3 Å². The Hall–Kier alpha value is -2.96. The Balaban J connectivity index is 1.89. The number of urea groups is 1. The number of hydrogen-bond donors (Lipinski definition) is 3. The van der Waals surface area contributed by atoms with Gasteiger partial charge < -0.3 is 16.0 Å². The highest BCUT2D eigenvalue weighted by molar-refractivity contribution is 5.91. The van der Waals surface area contributed by atoms with E-state index in [9.17, 15) is 18.4 Å². The first-order valence-corrected chi connectivity index (χ1v) is 7.76. The quantitative estimate of drug-likeness (QED) is 0.752. The first-order valence-electron chi connectivity index (χ1n) is 7.76.